The number of hydrogen-bond donors (Lipinski definition) is 1. The molecule has 2 rings (SSSR count). The Morgan fingerprint density at radius 1 is 0.600 bits per heavy atom. The molecule has 2 aromatic carbocycles. The minimum absolute atomic E-state index is 0.109. The van der Waals surface area contributed by atoms with Gasteiger partial charge in [0.2, 0.25) is 0 Å². The number of alkyl halides is 3. The highest BCUT2D eigenvalue weighted by Gasteiger charge is 1.94. The van der Waals surface area contributed by atoms with Gasteiger partial charge in [-0.1, -0.05) is 147 Å². The Morgan fingerprint density at radius 3 is 1.37 bits per heavy atom. The first-order valence-electron chi connectivity index (χ1n) is 12.4. The van der Waals surface area contributed by atoms with Crippen molar-refractivity contribution in [3.63, 3.8) is 0 Å². The van der Waals surface area contributed by atoms with Gasteiger partial charge in [0, 0.05) is 22.6 Å². The first-order chi connectivity index (χ1) is 17.1. The third-order valence-electron chi connectivity index (χ3n) is 5.07. The molecule has 0 radical (unpaired) electrons. The number of benzene rings is 2. The second-order valence-corrected chi connectivity index (χ2v) is 10.4. The second-order valence-electron chi connectivity index (χ2n) is 8.00. The number of unbranched alkanes of at least 4 members (excludes halogenated alkanes) is 6. The molecule has 0 amide bonds. The van der Waals surface area contributed by atoms with E-state index < -0.39 is 0 Å². The summed E-state index contributed by atoms with van der Waals surface area (Å²) in [5.74, 6) is 0. The zero-order valence-electron chi connectivity index (χ0n) is 21.1. The Labute approximate surface area is 239 Å². The molecular formula is C30H43Br3O2. The molecule has 1 N–H and O–H groups in total. The number of aliphatic hydroxyl groups is 1. The van der Waals surface area contributed by atoms with Crippen molar-refractivity contribution in [3.05, 3.63) is 83.9 Å². The molecule has 0 aliphatic heterocycles. The third kappa shape index (κ3) is 21.1. The van der Waals surface area contributed by atoms with Gasteiger partial charge >= 0.3 is 0 Å². The molecule has 0 spiro atoms. The van der Waals surface area contributed by atoms with Crippen LogP contribution < -0.4 is 0 Å². The monoisotopic (exact) mass is 672 g/mol. The fraction of sp³-hybridized carbons (Fsp3) is 0.467. The van der Waals surface area contributed by atoms with Gasteiger partial charge in [-0.3, -0.25) is 0 Å². The van der Waals surface area contributed by atoms with Crippen LogP contribution in [0.5, 0.6) is 0 Å². The Morgan fingerprint density at radius 2 is 1.00 bits per heavy atom. The van der Waals surface area contributed by atoms with Gasteiger partial charge in [0.05, 0.1) is 13.2 Å². The van der Waals surface area contributed by atoms with Gasteiger partial charge in [-0.15, -0.1) is 0 Å². The lowest BCUT2D eigenvalue weighted by atomic mass is 10.1. The summed E-state index contributed by atoms with van der Waals surface area (Å²) in [6.07, 6.45) is 14.0. The van der Waals surface area contributed by atoms with Crippen LogP contribution in [0, 0.1) is 0 Å². The predicted molar refractivity (Wildman–Crippen MR) is 167 cm³/mol. The van der Waals surface area contributed by atoms with Crippen LogP contribution in [0.3, 0.4) is 0 Å². The van der Waals surface area contributed by atoms with Crippen LogP contribution >= 0.6 is 47.8 Å². The van der Waals surface area contributed by atoms with E-state index >= 15 is 0 Å². The van der Waals surface area contributed by atoms with Gasteiger partial charge in [-0.05, 0) is 47.9 Å². The fourth-order valence-corrected chi connectivity index (χ4v) is 4.08. The standard InChI is InChI=1S/C15H21BrO.C9H10O.C6H12Br2/c1-2-14-7-9-15(10-8-14)13-17-12-6-4-3-5-11-16;1-2-8-3-5-9(7-10)6-4-8;7-5-3-1-2-4-6-8/h2,7-10H,1,3-6,11-13H2;2-6,10H,1,7H2;1-6H2. The summed E-state index contributed by atoms with van der Waals surface area (Å²) in [6.45, 7) is 9.05. The molecule has 0 saturated carbocycles. The van der Waals surface area contributed by atoms with E-state index in [9.17, 15) is 0 Å². The highest BCUT2D eigenvalue weighted by atomic mass is 79.9. The third-order valence-corrected chi connectivity index (χ3v) is 6.75. The number of rotatable bonds is 16. The largest absolute Gasteiger partial charge is 0.392 e. The summed E-state index contributed by atoms with van der Waals surface area (Å²) in [5.41, 5.74) is 4.40. The highest BCUT2D eigenvalue weighted by Crippen LogP contribution is 2.08. The van der Waals surface area contributed by atoms with E-state index in [2.05, 4.69) is 85.2 Å². The van der Waals surface area contributed by atoms with Crippen molar-refractivity contribution in [1.29, 1.82) is 0 Å². The molecule has 5 heteroatoms. The van der Waals surface area contributed by atoms with Crippen molar-refractivity contribution >= 4 is 59.9 Å². The molecule has 35 heavy (non-hydrogen) atoms. The molecule has 0 aromatic heterocycles. The number of halogens is 3. The molecule has 2 nitrogen and oxygen atoms in total. The maximum atomic E-state index is 8.68. The van der Waals surface area contributed by atoms with Gasteiger partial charge in [0.15, 0.2) is 0 Å². The lowest BCUT2D eigenvalue weighted by molar-refractivity contribution is 0.117. The Hall–Kier alpha value is -0.720. The van der Waals surface area contributed by atoms with E-state index in [1.165, 1.54) is 50.5 Å². The molecular weight excluding hydrogens is 632 g/mol. The van der Waals surface area contributed by atoms with Crippen molar-refractivity contribution in [3.8, 4) is 0 Å². The molecule has 0 fully saturated rings. The number of hydrogen-bond acceptors (Lipinski definition) is 2. The van der Waals surface area contributed by atoms with Gasteiger partial charge in [0.25, 0.3) is 0 Å². The van der Waals surface area contributed by atoms with E-state index in [-0.39, 0.29) is 6.61 Å². The highest BCUT2D eigenvalue weighted by molar-refractivity contribution is 9.09. The van der Waals surface area contributed by atoms with Crippen LogP contribution in [0.1, 0.15) is 73.6 Å². The quantitative estimate of drug-likeness (QED) is 0.142. The van der Waals surface area contributed by atoms with Crippen molar-refractivity contribution < 1.29 is 9.84 Å². The predicted octanol–water partition coefficient (Wildman–Crippen LogP) is 9.96. The molecule has 0 bridgehead atoms. The molecule has 0 unspecified atom stereocenters. The van der Waals surface area contributed by atoms with Crippen LogP contribution in [0.4, 0.5) is 0 Å². The lowest BCUT2D eigenvalue weighted by Gasteiger charge is -2.04. The topological polar surface area (TPSA) is 29.5 Å². The fourth-order valence-electron chi connectivity index (χ4n) is 2.89. The van der Waals surface area contributed by atoms with Crippen LogP contribution in [-0.2, 0) is 18.0 Å². The minimum atomic E-state index is 0.109. The van der Waals surface area contributed by atoms with Crippen LogP contribution in [0.2, 0.25) is 0 Å². The van der Waals surface area contributed by atoms with E-state index in [0.717, 1.165) is 52.3 Å². The number of aliphatic hydroxyl groups excluding tert-OH is 1. The summed E-state index contributed by atoms with van der Waals surface area (Å²) in [6, 6.07) is 16.0. The molecule has 2 aromatic rings. The molecule has 0 heterocycles. The van der Waals surface area contributed by atoms with Crippen molar-refractivity contribution in [2.24, 2.45) is 0 Å². The lowest BCUT2D eigenvalue weighted by Crippen LogP contribution is -1.95. The average molecular weight is 675 g/mol. The minimum Gasteiger partial charge on any atom is -0.392 e. The summed E-state index contributed by atoms with van der Waals surface area (Å²) >= 11 is 10.2. The second kappa shape index (κ2) is 26.3. The first-order valence-corrected chi connectivity index (χ1v) is 15.8. The number of ether oxygens (including phenoxy) is 1. The van der Waals surface area contributed by atoms with Crippen LogP contribution in [-0.4, -0.2) is 27.7 Å². The van der Waals surface area contributed by atoms with Crippen LogP contribution in [0.25, 0.3) is 12.2 Å². The molecule has 0 aliphatic rings. The van der Waals surface area contributed by atoms with Gasteiger partial charge in [0.1, 0.15) is 0 Å². The average Bonchev–Trinajstić information content (AvgIpc) is 2.92. The Bertz CT molecular complexity index is 724. The molecule has 0 atom stereocenters. The van der Waals surface area contributed by atoms with Crippen molar-refractivity contribution in [1.82, 2.24) is 0 Å². The maximum Gasteiger partial charge on any atom is 0.0716 e. The zero-order chi connectivity index (χ0) is 26.0. The zero-order valence-corrected chi connectivity index (χ0v) is 25.8. The van der Waals surface area contributed by atoms with Crippen LogP contribution in [0.15, 0.2) is 61.7 Å². The summed E-state index contributed by atoms with van der Waals surface area (Å²) in [4.78, 5) is 0. The molecule has 0 aliphatic carbocycles. The SMILES string of the molecule is BrCCCCCCBr.C=Cc1ccc(CO)cc1.C=Cc1ccc(COCCCCCCBr)cc1. The van der Waals surface area contributed by atoms with Gasteiger partial charge in [-0.2, -0.15) is 0 Å². The maximum absolute atomic E-state index is 8.68. The van der Waals surface area contributed by atoms with Crippen molar-refractivity contribution in [2.75, 3.05) is 22.6 Å². The van der Waals surface area contributed by atoms with E-state index in [1.54, 1.807) is 6.08 Å². The summed E-state index contributed by atoms with van der Waals surface area (Å²) < 4.78 is 5.64. The van der Waals surface area contributed by atoms with Gasteiger partial charge < -0.3 is 9.84 Å². The van der Waals surface area contributed by atoms with Gasteiger partial charge in [-0.25, -0.2) is 0 Å². The molecule has 0 saturated heterocycles. The Balaban J connectivity index is 0.000000545. The van der Waals surface area contributed by atoms with Crippen molar-refractivity contribution in [2.45, 2.75) is 64.6 Å². The summed E-state index contributed by atoms with van der Waals surface area (Å²) in [5, 5.41) is 12.1. The van der Waals surface area contributed by atoms with E-state index in [0.29, 0.717) is 0 Å². The molecule has 196 valence electrons. The summed E-state index contributed by atoms with van der Waals surface area (Å²) in [7, 11) is 0. The Kier molecular flexibility index (Phi) is 25.8. The van der Waals surface area contributed by atoms with E-state index in [1.807, 2.05) is 30.3 Å². The van der Waals surface area contributed by atoms with E-state index in [4.69, 9.17) is 9.84 Å². The smallest absolute Gasteiger partial charge is 0.0716 e. The first kappa shape index (κ1) is 34.3. The normalized spacial score (nSPS) is 9.94.